The van der Waals surface area contributed by atoms with Crippen molar-refractivity contribution in [1.29, 1.82) is 0 Å². The highest BCUT2D eigenvalue weighted by Crippen LogP contribution is 2.27. The normalized spacial score (nSPS) is 10.7. The van der Waals surface area contributed by atoms with E-state index in [1.165, 1.54) is 0 Å². The fourth-order valence-corrected chi connectivity index (χ4v) is 2.96. The molecule has 0 aliphatic carbocycles. The first-order chi connectivity index (χ1) is 14.5. The molecule has 30 heavy (non-hydrogen) atoms. The van der Waals surface area contributed by atoms with Crippen molar-refractivity contribution in [2.24, 2.45) is 0 Å². The topological polar surface area (TPSA) is 60.5 Å². The van der Waals surface area contributed by atoms with Gasteiger partial charge in [-0.2, -0.15) is 0 Å². The van der Waals surface area contributed by atoms with Crippen LogP contribution in [0.15, 0.2) is 60.7 Å². The van der Waals surface area contributed by atoms with Crippen molar-refractivity contribution in [3.63, 3.8) is 0 Å². The molecule has 1 N–H and O–H groups in total. The summed E-state index contributed by atoms with van der Waals surface area (Å²) in [4.78, 5) is 17.3. The molecule has 0 unspecified atom stereocenters. The molecule has 1 aromatic heterocycles. The van der Waals surface area contributed by atoms with E-state index >= 15 is 0 Å². The first-order valence-electron chi connectivity index (χ1n) is 10.3. The molecule has 3 aromatic rings. The molecule has 0 spiro atoms. The Balaban J connectivity index is 1.71. The van der Waals surface area contributed by atoms with Gasteiger partial charge in [0.05, 0.1) is 17.9 Å². The Kier molecular flexibility index (Phi) is 7.07. The number of rotatable bonds is 8. The number of benzene rings is 2. The Hall–Kier alpha value is -3.34. The molecule has 5 nitrogen and oxygen atoms in total. The lowest BCUT2D eigenvalue weighted by atomic mass is 10.1. The fraction of sp³-hybridized carbons (Fsp3) is 0.280. The maximum absolute atomic E-state index is 12.7. The van der Waals surface area contributed by atoms with E-state index in [2.05, 4.69) is 31.1 Å². The van der Waals surface area contributed by atoms with Crippen LogP contribution in [0, 0.1) is 6.92 Å². The second-order valence-corrected chi connectivity index (χ2v) is 7.43. The maximum Gasteiger partial charge on any atom is 0.257 e. The van der Waals surface area contributed by atoms with Gasteiger partial charge in [0.15, 0.2) is 0 Å². The highest BCUT2D eigenvalue weighted by molar-refractivity contribution is 6.05. The van der Waals surface area contributed by atoms with Crippen LogP contribution in [0.5, 0.6) is 17.2 Å². The van der Waals surface area contributed by atoms with Gasteiger partial charge in [0.2, 0.25) is 0 Å². The SMILES string of the molecule is CCCOc1cccc(Oc2cccc(NC(=O)c3ccc(C(C)C)nc3C)c2)c1. The second kappa shape index (κ2) is 9.92. The Morgan fingerprint density at radius 1 is 1.00 bits per heavy atom. The van der Waals surface area contributed by atoms with E-state index in [4.69, 9.17) is 9.47 Å². The van der Waals surface area contributed by atoms with E-state index < -0.39 is 0 Å². The van der Waals surface area contributed by atoms with Crippen LogP contribution >= 0.6 is 0 Å². The molecule has 0 aliphatic heterocycles. The largest absolute Gasteiger partial charge is 0.493 e. The minimum absolute atomic E-state index is 0.192. The summed E-state index contributed by atoms with van der Waals surface area (Å²) in [6.45, 7) is 8.75. The number of amides is 1. The number of anilines is 1. The third-order valence-corrected chi connectivity index (χ3v) is 4.55. The van der Waals surface area contributed by atoms with E-state index in [-0.39, 0.29) is 5.91 Å². The summed E-state index contributed by atoms with van der Waals surface area (Å²) in [5, 5.41) is 2.93. The fourth-order valence-electron chi connectivity index (χ4n) is 2.96. The van der Waals surface area contributed by atoms with Crippen LogP contribution in [-0.2, 0) is 0 Å². The number of pyridine rings is 1. The van der Waals surface area contributed by atoms with Gasteiger partial charge in [-0.05, 0) is 55.7 Å². The molecule has 0 radical (unpaired) electrons. The minimum atomic E-state index is -0.192. The molecule has 156 valence electrons. The number of carbonyl (C=O) groups excluding carboxylic acids is 1. The van der Waals surface area contributed by atoms with Crippen LogP contribution < -0.4 is 14.8 Å². The van der Waals surface area contributed by atoms with E-state index in [0.717, 1.165) is 23.6 Å². The molecule has 0 saturated carbocycles. The van der Waals surface area contributed by atoms with Gasteiger partial charge in [-0.15, -0.1) is 0 Å². The Morgan fingerprint density at radius 2 is 1.70 bits per heavy atom. The Morgan fingerprint density at radius 3 is 2.40 bits per heavy atom. The standard InChI is InChI=1S/C25H28N2O3/c1-5-14-29-20-9-7-11-22(16-20)30-21-10-6-8-19(15-21)27-25(28)23-12-13-24(17(2)3)26-18(23)4/h6-13,15-17H,5,14H2,1-4H3,(H,27,28). The van der Waals surface area contributed by atoms with Crippen LogP contribution in [0.25, 0.3) is 0 Å². The van der Waals surface area contributed by atoms with Crippen molar-refractivity contribution in [1.82, 2.24) is 4.98 Å². The zero-order valence-electron chi connectivity index (χ0n) is 17.9. The van der Waals surface area contributed by atoms with Crippen LogP contribution in [0.1, 0.15) is 54.9 Å². The molecular weight excluding hydrogens is 376 g/mol. The number of hydrogen-bond donors (Lipinski definition) is 1. The number of nitrogens with one attached hydrogen (secondary N) is 1. The van der Waals surface area contributed by atoms with Crippen molar-refractivity contribution in [2.45, 2.75) is 40.0 Å². The summed E-state index contributed by atoms with van der Waals surface area (Å²) in [5.74, 6) is 2.21. The quantitative estimate of drug-likeness (QED) is 0.475. The van der Waals surface area contributed by atoms with Crippen LogP contribution in [-0.4, -0.2) is 17.5 Å². The molecule has 0 saturated heterocycles. The number of carbonyl (C=O) groups is 1. The monoisotopic (exact) mass is 404 g/mol. The minimum Gasteiger partial charge on any atom is -0.493 e. The van der Waals surface area contributed by atoms with Gasteiger partial charge < -0.3 is 14.8 Å². The zero-order chi connectivity index (χ0) is 21.5. The van der Waals surface area contributed by atoms with E-state index in [1.807, 2.05) is 61.5 Å². The summed E-state index contributed by atoms with van der Waals surface area (Å²) in [6, 6.07) is 18.6. The molecule has 0 aliphatic rings. The second-order valence-electron chi connectivity index (χ2n) is 7.43. The highest BCUT2D eigenvalue weighted by Gasteiger charge is 2.13. The molecular formula is C25H28N2O3. The van der Waals surface area contributed by atoms with E-state index in [0.29, 0.717) is 35.3 Å². The molecule has 2 aromatic carbocycles. The van der Waals surface area contributed by atoms with E-state index in [9.17, 15) is 4.79 Å². The number of aromatic nitrogens is 1. The highest BCUT2D eigenvalue weighted by atomic mass is 16.5. The lowest BCUT2D eigenvalue weighted by Crippen LogP contribution is -2.14. The average Bonchev–Trinajstić information content (AvgIpc) is 2.72. The van der Waals surface area contributed by atoms with Crippen molar-refractivity contribution in [2.75, 3.05) is 11.9 Å². The van der Waals surface area contributed by atoms with Gasteiger partial charge in [-0.25, -0.2) is 0 Å². The first kappa shape index (κ1) is 21.4. The van der Waals surface area contributed by atoms with Gasteiger partial charge in [-0.3, -0.25) is 9.78 Å². The van der Waals surface area contributed by atoms with Gasteiger partial charge in [0.1, 0.15) is 17.2 Å². The maximum atomic E-state index is 12.7. The van der Waals surface area contributed by atoms with Crippen LogP contribution in [0.3, 0.4) is 0 Å². The van der Waals surface area contributed by atoms with Crippen molar-refractivity contribution >= 4 is 11.6 Å². The van der Waals surface area contributed by atoms with Gasteiger partial charge in [-0.1, -0.05) is 32.9 Å². The number of hydrogen-bond acceptors (Lipinski definition) is 4. The third-order valence-electron chi connectivity index (χ3n) is 4.55. The van der Waals surface area contributed by atoms with E-state index in [1.54, 1.807) is 6.07 Å². The van der Waals surface area contributed by atoms with Crippen molar-refractivity contribution < 1.29 is 14.3 Å². The smallest absolute Gasteiger partial charge is 0.257 e. The average molecular weight is 405 g/mol. The van der Waals surface area contributed by atoms with Crippen LogP contribution in [0.2, 0.25) is 0 Å². The van der Waals surface area contributed by atoms with Crippen LogP contribution in [0.4, 0.5) is 5.69 Å². The summed E-state index contributed by atoms with van der Waals surface area (Å²) in [7, 11) is 0. The lowest BCUT2D eigenvalue weighted by molar-refractivity contribution is 0.102. The molecule has 1 amide bonds. The molecule has 5 heteroatoms. The van der Waals surface area contributed by atoms with Gasteiger partial charge in [0.25, 0.3) is 5.91 Å². The summed E-state index contributed by atoms with van der Waals surface area (Å²) in [5.41, 5.74) is 2.91. The Bertz CT molecular complexity index is 1010. The predicted octanol–water partition coefficient (Wildman–Crippen LogP) is 6.35. The van der Waals surface area contributed by atoms with Crippen molar-refractivity contribution in [3.8, 4) is 17.2 Å². The Labute approximate surface area is 178 Å². The molecule has 1 heterocycles. The van der Waals surface area contributed by atoms with Crippen molar-refractivity contribution in [3.05, 3.63) is 77.6 Å². The predicted molar refractivity (Wildman–Crippen MR) is 120 cm³/mol. The number of nitrogens with zero attached hydrogens (tertiary/aromatic N) is 1. The molecule has 3 rings (SSSR count). The number of aryl methyl sites for hydroxylation is 1. The summed E-state index contributed by atoms with van der Waals surface area (Å²) < 4.78 is 11.6. The summed E-state index contributed by atoms with van der Waals surface area (Å²) >= 11 is 0. The van der Waals surface area contributed by atoms with Gasteiger partial charge in [0, 0.05) is 23.5 Å². The third kappa shape index (κ3) is 5.60. The molecule has 0 atom stereocenters. The number of ether oxygens (including phenoxy) is 2. The van der Waals surface area contributed by atoms with Gasteiger partial charge >= 0.3 is 0 Å². The molecule has 0 fully saturated rings. The first-order valence-corrected chi connectivity index (χ1v) is 10.3. The molecule has 0 bridgehead atoms. The zero-order valence-corrected chi connectivity index (χ0v) is 17.9. The lowest BCUT2D eigenvalue weighted by Gasteiger charge is -2.12. The summed E-state index contributed by atoms with van der Waals surface area (Å²) in [6.07, 6.45) is 0.946.